The number of ether oxygens (including phenoxy) is 3. The minimum absolute atomic E-state index is 0.224. The van der Waals surface area contributed by atoms with Gasteiger partial charge in [0, 0.05) is 6.04 Å². The maximum absolute atomic E-state index is 11.7. The Bertz CT molecular complexity index is 487. The normalized spacial score (nSPS) is 16.0. The molecular weight excluding hydrogens is 246 g/mol. The lowest BCUT2D eigenvalue weighted by Gasteiger charge is -2.22. The van der Waals surface area contributed by atoms with Crippen LogP contribution in [-0.2, 0) is 9.53 Å². The van der Waals surface area contributed by atoms with Crippen LogP contribution in [-0.4, -0.2) is 19.9 Å². The molecule has 0 saturated heterocycles. The monoisotopic (exact) mass is 265 g/mol. The van der Waals surface area contributed by atoms with Crippen LogP contribution in [0.3, 0.4) is 0 Å². The number of methoxy groups -OCH3 is 1. The van der Waals surface area contributed by atoms with Crippen molar-refractivity contribution in [2.24, 2.45) is 11.7 Å². The van der Waals surface area contributed by atoms with Crippen molar-refractivity contribution in [2.75, 3.05) is 13.9 Å². The summed E-state index contributed by atoms with van der Waals surface area (Å²) in [5, 5.41) is 0. The summed E-state index contributed by atoms with van der Waals surface area (Å²) >= 11 is 0. The minimum atomic E-state index is -0.410. The molecule has 2 unspecified atom stereocenters. The van der Waals surface area contributed by atoms with Gasteiger partial charge in [-0.3, -0.25) is 4.79 Å². The number of benzene rings is 1. The third-order valence-electron chi connectivity index (χ3n) is 3.50. The van der Waals surface area contributed by atoms with E-state index in [1.54, 1.807) is 0 Å². The van der Waals surface area contributed by atoms with Crippen LogP contribution in [0.2, 0.25) is 0 Å². The summed E-state index contributed by atoms with van der Waals surface area (Å²) < 4.78 is 15.5. The Morgan fingerprint density at radius 2 is 2.05 bits per heavy atom. The first kappa shape index (κ1) is 13.7. The zero-order valence-corrected chi connectivity index (χ0v) is 11.4. The average molecular weight is 265 g/mol. The Kier molecular flexibility index (Phi) is 3.95. The number of esters is 1. The van der Waals surface area contributed by atoms with Gasteiger partial charge in [0.05, 0.1) is 13.0 Å². The zero-order valence-electron chi connectivity index (χ0n) is 11.4. The topological polar surface area (TPSA) is 70.8 Å². The smallest absolute Gasteiger partial charge is 0.310 e. The zero-order chi connectivity index (χ0) is 14.0. The first-order valence-corrected chi connectivity index (χ1v) is 6.32. The van der Waals surface area contributed by atoms with Crippen molar-refractivity contribution in [3.63, 3.8) is 0 Å². The summed E-state index contributed by atoms with van der Waals surface area (Å²) in [6, 6.07) is 3.34. The maximum atomic E-state index is 11.7. The van der Waals surface area contributed by atoms with Gasteiger partial charge in [-0.2, -0.15) is 0 Å². The Balaban J connectivity index is 2.32. The molecule has 1 aliphatic heterocycles. The van der Waals surface area contributed by atoms with E-state index in [0.717, 1.165) is 16.9 Å². The molecule has 0 aromatic heterocycles. The van der Waals surface area contributed by atoms with E-state index in [1.807, 2.05) is 26.0 Å². The van der Waals surface area contributed by atoms with Crippen molar-refractivity contribution < 1.29 is 19.0 Å². The second kappa shape index (κ2) is 5.48. The lowest BCUT2D eigenvalue weighted by Crippen LogP contribution is -2.29. The molecule has 0 bridgehead atoms. The molecule has 5 nitrogen and oxygen atoms in total. The van der Waals surface area contributed by atoms with Crippen LogP contribution in [0.4, 0.5) is 0 Å². The molecule has 5 heteroatoms. The molecular formula is C14H19NO4. The molecule has 0 fully saturated rings. The van der Waals surface area contributed by atoms with Crippen molar-refractivity contribution >= 4 is 5.97 Å². The summed E-state index contributed by atoms with van der Waals surface area (Å²) in [4.78, 5) is 11.7. The highest BCUT2D eigenvalue weighted by molar-refractivity contribution is 5.73. The van der Waals surface area contributed by atoms with Gasteiger partial charge < -0.3 is 19.9 Å². The molecule has 1 heterocycles. The van der Waals surface area contributed by atoms with Crippen LogP contribution in [0.25, 0.3) is 0 Å². The highest BCUT2D eigenvalue weighted by Crippen LogP contribution is 2.38. The number of hydrogen-bond donors (Lipinski definition) is 1. The maximum Gasteiger partial charge on any atom is 0.310 e. The molecule has 0 spiro atoms. The molecule has 1 aromatic carbocycles. The van der Waals surface area contributed by atoms with Crippen molar-refractivity contribution in [1.82, 2.24) is 0 Å². The van der Waals surface area contributed by atoms with Crippen molar-refractivity contribution in [1.29, 1.82) is 0 Å². The van der Waals surface area contributed by atoms with Crippen LogP contribution in [0.1, 0.15) is 30.5 Å². The SMILES string of the molecule is CCC(C(=O)OC)C(N)c1cc2c(cc1C)OCO2. The highest BCUT2D eigenvalue weighted by atomic mass is 16.7. The van der Waals surface area contributed by atoms with Gasteiger partial charge in [0.25, 0.3) is 0 Å². The lowest BCUT2D eigenvalue weighted by atomic mass is 9.89. The number of nitrogens with two attached hydrogens (primary N) is 1. The fourth-order valence-electron chi connectivity index (χ4n) is 2.35. The summed E-state index contributed by atoms with van der Waals surface area (Å²) in [5.74, 6) is 0.756. The van der Waals surface area contributed by atoms with E-state index in [-0.39, 0.29) is 18.7 Å². The quantitative estimate of drug-likeness (QED) is 0.842. The fraction of sp³-hybridized carbons (Fsp3) is 0.500. The van der Waals surface area contributed by atoms with Gasteiger partial charge in [0.15, 0.2) is 11.5 Å². The Morgan fingerprint density at radius 1 is 1.42 bits per heavy atom. The van der Waals surface area contributed by atoms with Gasteiger partial charge >= 0.3 is 5.97 Å². The molecule has 0 radical (unpaired) electrons. The van der Waals surface area contributed by atoms with Gasteiger partial charge in [-0.1, -0.05) is 6.92 Å². The van der Waals surface area contributed by atoms with Gasteiger partial charge in [-0.15, -0.1) is 0 Å². The molecule has 1 aromatic rings. The van der Waals surface area contributed by atoms with Gasteiger partial charge in [-0.25, -0.2) is 0 Å². The van der Waals surface area contributed by atoms with E-state index < -0.39 is 6.04 Å². The Labute approximate surface area is 112 Å². The van der Waals surface area contributed by atoms with Crippen molar-refractivity contribution in [3.8, 4) is 11.5 Å². The van der Waals surface area contributed by atoms with E-state index in [9.17, 15) is 4.79 Å². The third kappa shape index (κ3) is 2.51. The van der Waals surface area contributed by atoms with E-state index in [2.05, 4.69) is 0 Å². The molecule has 0 aliphatic carbocycles. The molecule has 2 atom stereocenters. The predicted molar refractivity (Wildman–Crippen MR) is 70.0 cm³/mol. The van der Waals surface area contributed by atoms with Crippen molar-refractivity contribution in [2.45, 2.75) is 26.3 Å². The fourth-order valence-corrected chi connectivity index (χ4v) is 2.35. The predicted octanol–water partition coefficient (Wildman–Crippen LogP) is 1.92. The number of hydrogen-bond acceptors (Lipinski definition) is 5. The van der Waals surface area contributed by atoms with E-state index in [4.69, 9.17) is 19.9 Å². The molecule has 1 aliphatic rings. The average Bonchev–Trinajstić information content (AvgIpc) is 2.85. The lowest BCUT2D eigenvalue weighted by molar-refractivity contribution is -0.146. The number of aryl methyl sites for hydroxylation is 1. The highest BCUT2D eigenvalue weighted by Gasteiger charge is 2.28. The molecule has 0 amide bonds. The van der Waals surface area contributed by atoms with Gasteiger partial charge in [0.1, 0.15) is 0 Å². The standard InChI is InChI=1S/C14H19NO4/c1-4-9(14(16)17-3)13(15)10-6-12-11(5-8(10)2)18-7-19-12/h5-6,9,13H,4,7,15H2,1-3H3. The number of carbonyl (C=O) groups excluding carboxylic acids is 1. The van der Waals surface area contributed by atoms with Crippen LogP contribution in [0.5, 0.6) is 11.5 Å². The van der Waals surface area contributed by atoms with Crippen LogP contribution in [0, 0.1) is 12.8 Å². The first-order chi connectivity index (χ1) is 9.08. The van der Waals surface area contributed by atoms with Gasteiger partial charge in [-0.05, 0) is 36.6 Å². The second-order valence-electron chi connectivity index (χ2n) is 4.63. The third-order valence-corrected chi connectivity index (χ3v) is 3.50. The number of carbonyl (C=O) groups is 1. The van der Waals surface area contributed by atoms with Crippen LogP contribution >= 0.6 is 0 Å². The van der Waals surface area contributed by atoms with E-state index in [1.165, 1.54) is 7.11 Å². The summed E-state index contributed by atoms with van der Waals surface area (Å²) in [6.07, 6.45) is 0.627. The molecule has 2 N–H and O–H groups in total. The first-order valence-electron chi connectivity index (χ1n) is 6.32. The largest absolute Gasteiger partial charge is 0.469 e. The minimum Gasteiger partial charge on any atom is -0.469 e. The van der Waals surface area contributed by atoms with Gasteiger partial charge in [0.2, 0.25) is 6.79 Å². The summed E-state index contributed by atoms with van der Waals surface area (Å²) in [7, 11) is 1.38. The summed E-state index contributed by atoms with van der Waals surface area (Å²) in [5.41, 5.74) is 8.10. The molecule has 0 saturated carbocycles. The number of fused-ring (bicyclic) bond motifs is 1. The van der Waals surface area contributed by atoms with E-state index >= 15 is 0 Å². The van der Waals surface area contributed by atoms with Crippen LogP contribution < -0.4 is 15.2 Å². The Hall–Kier alpha value is -1.75. The molecule has 2 rings (SSSR count). The second-order valence-corrected chi connectivity index (χ2v) is 4.63. The van der Waals surface area contributed by atoms with Crippen LogP contribution in [0.15, 0.2) is 12.1 Å². The van der Waals surface area contributed by atoms with Crippen molar-refractivity contribution in [3.05, 3.63) is 23.3 Å². The number of rotatable bonds is 4. The Morgan fingerprint density at radius 3 is 2.63 bits per heavy atom. The molecule has 104 valence electrons. The summed E-state index contributed by atoms with van der Waals surface area (Å²) in [6.45, 7) is 4.09. The van der Waals surface area contributed by atoms with E-state index in [0.29, 0.717) is 12.2 Å². The molecule has 19 heavy (non-hydrogen) atoms.